The van der Waals surface area contributed by atoms with Gasteiger partial charge in [0.25, 0.3) is 0 Å². The van der Waals surface area contributed by atoms with Crippen LogP contribution in [0.15, 0.2) is 11.0 Å². The average Bonchev–Trinajstić information content (AvgIpc) is 2.35. The van der Waals surface area contributed by atoms with Crippen molar-refractivity contribution in [3.8, 4) is 11.5 Å². The van der Waals surface area contributed by atoms with E-state index in [1.54, 1.807) is 6.26 Å². The Morgan fingerprint density at radius 2 is 1.94 bits per heavy atom. The lowest BCUT2D eigenvalue weighted by atomic mass is 10.1. The molecule has 0 aliphatic rings. The molecule has 1 aromatic carbocycles. The minimum absolute atomic E-state index is 0.0668. The van der Waals surface area contributed by atoms with Crippen molar-refractivity contribution in [2.45, 2.75) is 17.7 Å². The number of aliphatic hydroxyl groups excluding tert-OH is 1. The molecule has 1 N–H and O–H groups in total. The zero-order chi connectivity index (χ0) is 12.8. The molecular formula is C12H17FO3S. The molecule has 17 heavy (non-hydrogen) atoms. The van der Waals surface area contributed by atoms with Crippen LogP contribution in [-0.2, 0) is 6.42 Å². The van der Waals surface area contributed by atoms with E-state index in [4.69, 9.17) is 14.6 Å². The molecule has 0 fully saturated rings. The monoisotopic (exact) mass is 260 g/mol. The summed E-state index contributed by atoms with van der Waals surface area (Å²) in [6.07, 6.45) is 2.91. The molecule has 0 aliphatic heterocycles. The number of ether oxygens (including phenoxy) is 2. The van der Waals surface area contributed by atoms with Gasteiger partial charge in [-0.1, -0.05) is 0 Å². The van der Waals surface area contributed by atoms with Crippen LogP contribution in [0.1, 0.15) is 12.0 Å². The molecule has 0 aromatic heterocycles. The highest BCUT2D eigenvalue weighted by Gasteiger charge is 2.19. The molecule has 3 nitrogen and oxygen atoms in total. The largest absolute Gasteiger partial charge is 0.493 e. The Bertz CT molecular complexity index is 383. The van der Waals surface area contributed by atoms with Crippen LogP contribution in [0, 0.1) is 5.82 Å². The maximum absolute atomic E-state index is 13.8. The summed E-state index contributed by atoms with van der Waals surface area (Å²) >= 11 is 1.28. The van der Waals surface area contributed by atoms with Crippen LogP contribution in [0.2, 0.25) is 0 Å². The predicted molar refractivity (Wildman–Crippen MR) is 66.7 cm³/mol. The number of rotatable bonds is 6. The Morgan fingerprint density at radius 1 is 1.29 bits per heavy atom. The zero-order valence-corrected chi connectivity index (χ0v) is 11.1. The van der Waals surface area contributed by atoms with E-state index in [1.807, 2.05) is 0 Å². The first-order chi connectivity index (χ1) is 8.19. The van der Waals surface area contributed by atoms with Crippen LogP contribution in [0.3, 0.4) is 0 Å². The van der Waals surface area contributed by atoms with Gasteiger partial charge in [0.05, 0.1) is 19.1 Å². The van der Waals surface area contributed by atoms with Crippen molar-refractivity contribution in [1.82, 2.24) is 0 Å². The Hall–Kier alpha value is -0.940. The Kier molecular flexibility index (Phi) is 5.58. The summed E-state index contributed by atoms with van der Waals surface area (Å²) in [4.78, 5) is 0.442. The highest BCUT2D eigenvalue weighted by atomic mass is 32.2. The second-order valence-corrected chi connectivity index (χ2v) is 4.26. The minimum Gasteiger partial charge on any atom is -0.493 e. The van der Waals surface area contributed by atoms with Gasteiger partial charge in [-0.05, 0) is 25.2 Å². The maximum Gasteiger partial charge on any atom is 0.177 e. The summed E-state index contributed by atoms with van der Waals surface area (Å²) in [7, 11) is 3.02. The number of hydrogen-bond acceptors (Lipinski definition) is 4. The number of hydrogen-bond donors (Lipinski definition) is 1. The van der Waals surface area contributed by atoms with Crippen molar-refractivity contribution < 1.29 is 19.0 Å². The highest BCUT2D eigenvalue weighted by Crippen LogP contribution is 2.41. The standard InChI is InChI=1S/C12H17FO3S/c1-15-10-8(5-4-6-14)7-9(13)12(17-3)11(10)16-2/h7,14H,4-6H2,1-3H3. The van der Waals surface area contributed by atoms with E-state index in [-0.39, 0.29) is 12.4 Å². The molecule has 0 atom stereocenters. The summed E-state index contributed by atoms with van der Waals surface area (Å²) in [5.74, 6) is 0.655. The fourth-order valence-corrected chi connectivity index (χ4v) is 2.31. The Labute approximate surface area is 105 Å². The van der Waals surface area contributed by atoms with Crippen molar-refractivity contribution in [3.05, 3.63) is 17.4 Å². The SMILES string of the molecule is COc1c(CCCO)cc(F)c(SC)c1OC. The van der Waals surface area contributed by atoms with Gasteiger partial charge in [-0.15, -0.1) is 11.8 Å². The lowest BCUT2D eigenvalue weighted by molar-refractivity contribution is 0.286. The third-order valence-electron chi connectivity index (χ3n) is 2.44. The quantitative estimate of drug-likeness (QED) is 0.798. The van der Waals surface area contributed by atoms with Gasteiger partial charge in [-0.25, -0.2) is 4.39 Å². The first-order valence-electron chi connectivity index (χ1n) is 5.27. The van der Waals surface area contributed by atoms with Crippen LogP contribution < -0.4 is 9.47 Å². The maximum atomic E-state index is 13.8. The molecule has 0 saturated heterocycles. The third-order valence-corrected chi connectivity index (χ3v) is 3.23. The van der Waals surface area contributed by atoms with E-state index in [0.717, 1.165) is 0 Å². The minimum atomic E-state index is -0.317. The lowest BCUT2D eigenvalue weighted by Gasteiger charge is -2.16. The fraction of sp³-hybridized carbons (Fsp3) is 0.500. The van der Waals surface area contributed by atoms with Crippen LogP contribution >= 0.6 is 11.8 Å². The summed E-state index contributed by atoms with van der Waals surface area (Å²) < 4.78 is 24.3. The van der Waals surface area contributed by atoms with Gasteiger partial charge < -0.3 is 14.6 Å². The van der Waals surface area contributed by atoms with Crippen LogP contribution in [0.25, 0.3) is 0 Å². The van der Waals surface area contributed by atoms with E-state index < -0.39 is 0 Å². The van der Waals surface area contributed by atoms with Crippen molar-refractivity contribution in [2.24, 2.45) is 0 Å². The van der Waals surface area contributed by atoms with Crippen molar-refractivity contribution in [1.29, 1.82) is 0 Å². The van der Waals surface area contributed by atoms with Gasteiger partial charge in [0.2, 0.25) is 0 Å². The topological polar surface area (TPSA) is 38.7 Å². The van der Waals surface area contributed by atoms with Crippen molar-refractivity contribution in [3.63, 3.8) is 0 Å². The van der Waals surface area contributed by atoms with Gasteiger partial charge in [-0.2, -0.15) is 0 Å². The van der Waals surface area contributed by atoms with Gasteiger partial charge in [0.1, 0.15) is 5.82 Å². The Balaban J connectivity index is 3.26. The summed E-state index contributed by atoms with van der Waals surface area (Å²) in [5.41, 5.74) is 0.716. The van der Waals surface area contributed by atoms with Crippen molar-refractivity contribution in [2.75, 3.05) is 27.1 Å². The van der Waals surface area contributed by atoms with Gasteiger partial charge in [-0.3, -0.25) is 0 Å². The summed E-state index contributed by atoms with van der Waals surface area (Å²) in [6, 6.07) is 1.45. The molecular weight excluding hydrogens is 243 g/mol. The number of thioether (sulfide) groups is 1. The van der Waals surface area contributed by atoms with E-state index in [1.165, 1.54) is 32.0 Å². The number of aryl methyl sites for hydroxylation is 1. The van der Waals surface area contributed by atoms with Gasteiger partial charge >= 0.3 is 0 Å². The predicted octanol–water partition coefficient (Wildman–Crippen LogP) is 2.49. The second kappa shape index (κ2) is 6.71. The Morgan fingerprint density at radius 3 is 2.41 bits per heavy atom. The molecule has 1 aromatic rings. The molecule has 0 radical (unpaired) electrons. The van der Waals surface area contributed by atoms with E-state index in [2.05, 4.69) is 0 Å². The number of halogens is 1. The molecule has 0 amide bonds. The number of aliphatic hydroxyl groups is 1. The molecule has 96 valence electrons. The molecule has 0 heterocycles. The molecule has 0 saturated carbocycles. The average molecular weight is 260 g/mol. The second-order valence-electron chi connectivity index (χ2n) is 3.44. The van der Waals surface area contributed by atoms with E-state index in [0.29, 0.717) is 34.8 Å². The van der Waals surface area contributed by atoms with E-state index in [9.17, 15) is 4.39 Å². The molecule has 5 heteroatoms. The smallest absolute Gasteiger partial charge is 0.177 e. The molecule has 1 rings (SSSR count). The van der Waals surface area contributed by atoms with Gasteiger partial charge in [0, 0.05) is 12.2 Å². The third kappa shape index (κ3) is 3.04. The molecule has 0 spiro atoms. The zero-order valence-electron chi connectivity index (χ0n) is 10.2. The first kappa shape index (κ1) is 14.1. The summed E-state index contributed by atoms with van der Waals surface area (Å²) in [5, 5.41) is 8.82. The molecule has 0 bridgehead atoms. The van der Waals surface area contributed by atoms with Crippen LogP contribution in [0.5, 0.6) is 11.5 Å². The number of methoxy groups -OCH3 is 2. The van der Waals surface area contributed by atoms with Crippen LogP contribution in [0.4, 0.5) is 4.39 Å². The van der Waals surface area contributed by atoms with Gasteiger partial charge in [0.15, 0.2) is 11.5 Å². The fourth-order valence-electron chi connectivity index (χ4n) is 1.70. The lowest BCUT2D eigenvalue weighted by Crippen LogP contribution is -2.01. The van der Waals surface area contributed by atoms with Crippen molar-refractivity contribution >= 4 is 11.8 Å². The molecule has 0 aliphatic carbocycles. The number of benzene rings is 1. The first-order valence-corrected chi connectivity index (χ1v) is 6.50. The summed E-state index contributed by atoms with van der Waals surface area (Å²) in [6.45, 7) is 0.0668. The van der Waals surface area contributed by atoms with E-state index >= 15 is 0 Å². The normalized spacial score (nSPS) is 10.4. The van der Waals surface area contributed by atoms with Crippen LogP contribution in [-0.4, -0.2) is 32.2 Å². The molecule has 0 unspecified atom stereocenters. The highest BCUT2D eigenvalue weighted by molar-refractivity contribution is 7.98.